The molecule has 0 aromatic heterocycles. The maximum atomic E-state index is 8.61. The molecular weight excluding hydrogens is 150 g/mol. The first-order chi connectivity index (χ1) is 4.12. The zero-order valence-corrected chi connectivity index (χ0v) is 6.72. The molecule has 80 valence electrons. The van der Waals surface area contributed by atoms with E-state index in [1.165, 1.54) is 6.42 Å². The number of hydrogen-bond acceptors (Lipinski definition) is 1. The summed E-state index contributed by atoms with van der Waals surface area (Å²) in [6.45, 7) is 4.48. The zero-order chi connectivity index (χ0) is 7.33. The molecule has 0 saturated heterocycles. The van der Waals surface area contributed by atoms with E-state index in [4.69, 9.17) is 5.11 Å². The van der Waals surface area contributed by atoms with E-state index in [2.05, 4.69) is 21.0 Å². The van der Waals surface area contributed by atoms with Crippen molar-refractivity contribution in [1.82, 2.24) is 0 Å². The molecule has 0 aromatic rings. The molecule has 2 heteroatoms. The van der Waals surface area contributed by atoms with Crippen LogP contribution in [-0.4, -0.2) is 43.4 Å². The lowest BCUT2D eigenvalue weighted by atomic mass is 10.4. The summed E-state index contributed by atoms with van der Waals surface area (Å²) in [7, 11) is 4.28. The van der Waals surface area contributed by atoms with Crippen molar-refractivity contribution in [1.29, 1.82) is 0 Å². The van der Waals surface area contributed by atoms with E-state index in [-0.39, 0.29) is 22.3 Å². The van der Waals surface area contributed by atoms with Gasteiger partial charge in [0.2, 0.25) is 0 Å². The molecule has 1 N–H and O–H groups in total. The minimum atomic E-state index is 0. The molecule has 0 atom stereocenters. The van der Waals surface area contributed by atoms with Gasteiger partial charge in [0.05, 0.1) is 27.2 Å². The maximum absolute atomic E-state index is 8.61. The Hall–Kier alpha value is -0.0800. The van der Waals surface area contributed by atoms with Gasteiger partial charge in [-0.25, -0.2) is 0 Å². The average molecular weight is 180 g/mol. The Morgan fingerprint density at radius 1 is 1.00 bits per heavy atom. The summed E-state index contributed by atoms with van der Waals surface area (Å²) in [6.07, 6.45) is 1.19. The first kappa shape index (κ1) is 22.7. The van der Waals surface area contributed by atoms with Crippen molar-refractivity contribution in [3.63, 3.8) is 0 Å². The number of quaternary nitrogens is 1. The molecule has 12 heavy (non-hydrogen) atoms. The van der Waals surface area contributed by atoms with Crippen LogP contribution in [0.5, 0.6) is 0 Å². The molecule has 0 rings (SSSR count). The fraction of sp³-hybridized carbons (Fsp3) is 1.00. The summed E-state index contributed by atoms with van der Waals surface area (Å²) in [4.78, 5) is 0. The third-order valence-corrected chi connectivity index (χ3v) is 1.53. The monoisotopic (exact) mass is 180 g/mol. The van der Waals surface area contributed by atoms with Crippen LogP contribution in [0, 0.1) is 0 Å². The lowest BCUT2D eigenvalue weighted by Gasteiger charge is -2.28. The number of aliphatic hydroxyl groups excluding tert-OH is 1. The Balaban J connectivity index is -0.000000107. The Bertz CT molecular complexity index is 64.2. The highest BCUT2D eigenvalue weighted by molar-refractivity contribution is 4.30. The molecule has 0 aromatic carbocycles. The van der Waals surface area contributed by atoms with E-state index in [1.54, 1.807) is 0 Å². The number of aliphatic hydroxyl groups is 1. The second kappa shape index (κ2) is 10.9. The lowest BCUT2D eigenvalue weighted by molar-refractivity contribution is -0.890. The topological polar surface area (TPSA) is 20.2 Å². The Morgan fingerprint density at radius 2 is 1.42 bits per heavy atom. The summed E-state index contributed by atoms with van der Waals surface area (Å²) in [6, 6.07) is 0. The van der Waals surface area contributed by atoms with Gasteiger partial charge in [-0.05, 0) is 6.42 Å². The predicted molar refractivity (Wildman–Crippen MR) is 59.4 cm³/mol. The summed E-state index contributed by atoms with van der Waals surface area (Å²) in [5.41, 5.74) is 0. The zero-order valence-electron chi connectivity index (χ0n) is 6.72. The second-order valence-corrected chi connectivity index (χ2v) is 3.11. The van der Waals surface area contributed by atoms with Crippen molar-refractivity contribution in [2.24, 2.45) is 0 Å². The number of rotatable bonds is 4. The lowest BCUT2D eigenvalue weighted by Crippen LogP contribution is -2.42. The molecule has 0 amide bonds. The van der Waals surface area contributed by atoms with Crippen molar-refractivity contribution in [2.45, 2.75) is 35.6 Å². The van der Waals surface area contributed by atoms with E-state index >= 15 is 0 Å². The Kier molecular flexibility index (Phi) is 20.6. The normalized spacial score (nSPS) is 9.00. The number of nitrogens with zero attached hydrogens (tertiary/aromatic N) is 1. The molecule has 0 heterocycles. The predicted octanol–water partition coefficient (Wildman–Crippen LogP) is 2.37. The van der Waals surface area contributed by atoms with E-state index in [1.807, 2.05) is 0 Å². The molecule has 0 aliphatic rings. The molecule has 0 fully saturated rings. The van der Waals surface area contributed by atoms with Crippen molar-refractivity contribution >= 4 is 0 Å². The quantitative estimate of drug-likeness (QED) is 0.659. The third kappa shape index (κ3) is 12.6. The SMILES string of the molecule is C.C.C.CCC[N+](C)(C)CCO. The molecule has 0 saturated carbocycles. The molecule has 0 unspecified atom stereocenters. The summed E-state index contributed by atoms with van der Waals surface area (Å²) >= 11 is 0. The van der Waals surface area contributed by atoms with Crippen LogP contribution >= 0.6 is 0 Å². The van der Waals surface area contributed by atoms with Gasteiger partial charge in [-0.2, -0.15) is 0 Å². The fourth-order valence-electron chi connectivity index (χ4n) is 0.988. The van der Waals surface area contributed by atoms with Crippen molar-refractivity contribution in [2.75, 3.05) is 33.8 Å². The van der Waals surface area contributed by atoms with E-state index in [0.717, 1.165) is 17.6 Å². The van der Waals surface area contributed by atoms with Crippen LogP contribution in [0.2, 0.25) is 0 Å². The number of hydrogen-bond donors (Lipinski definition) is 1. The average Bonchev–Trinajstić information content (AvgIpc) is 1.64. The first-order valence-corrected chi connectivity index (χ1v) is 3.55. The molecule has 2 nitrogen and oxygen atoms in total. The van der Waals surface area contributed by atoms with Gasteiger partial charge in [-0.3, -0.25) is 0 Å². The van der Waals surface area contributed by atoms with E-state index in [9.17, 15) is 0 Å². The van der Waals surface area contributed by atoms with Crippen LogP contribution in [0.25, 0.3) is 0 Å². The highest BCUT2D eigenvalue weighted by Gasteiger charge is 2.10. The van der Waals surface area contributed by atoms with Crippen molar-refractivity contribution < 1.29 is 9.59 Å². The van der Waals surface area contributed by atoms with Crippen LogP contribution in [-0.2, 0) is 0 Å². The molecule has 0 aliphatic heterocycles. The van der Waals surface area contributed by atoms with Gasteiger partial charge < -0.3 is 9.59 Å². The maximum Gasteiger partial charge on any atom is 0.102 e. The molecule has 0 bridgehead atoms. The minimum Gasteiger partial charge on any atom is -0.391 e. The molecular formula is C10H30NO+. The van der Waals surface area contributed by atoms with Gasteiger partial charge in [0.25, 0.3) is 0 Å². The van der Waals surface area contributed by atoms with Gasteiger partial charge in [-0.1, -0.05) is 29.2 Å². The van der Waals surface area contributed by atoms with Crippen LogP contribution in [0.15, 0.2) is 0 Å². The van der Waals surface area contributed by atoms with Crippen LogP contribution < -0.4 is 0 Å². The highest BCUT2D eigenvalue weighted by atomic mass is 16.3. The van der Waals surface area contributed by atoms with Crippen LogP contribution in [0.1, 0.15) is 35.6 Å². The summed E-state index contributed by atoms with van der Waals surface area (Å²) < 4.78 is 0.938. The smallest absolute Gasteiger partial charge is 0.102 e. The van der Waals surface area contributed by atoms with Gasteiger partial charge in [0.15, 0.2) is 0 Å². The molecule has 0 radical (unpaired) electrons. The van der Waals surface area contributed by atoms with Gasteiger partial charge >= 0.3 is 0 Å². The van der Waals surface area contributed by atoms with Gasteiger partial charge in [0, 0.05) is 0 Å². The third-order valence-electron chi connectivity index (χ3n) is 1.53. The fourth-order valence-corrected chi connectivity index (χ4v) is 0.988. The number of likely N-dealkylation sites (N-methyl/N-ethyl adjacent to an activating group) is 1. The highest BCUT2D eigenvalue weighted by Crippen LogP contribution is 1.96. The van der Waals surface area contributed by atoms with Crippen molar-refractivity contribution in [3.8, 4) is 0 Å². The Morgan fingerprint density at radius 3 is 1.67 bits per heavy atom. The van der Waals surface area contributed by atoms with Crippen molar-refractivity contribution in [3.05, 3.63) is 0 Å². The largest absolute Gasteiger partial charge is 0.391 e. The summed E-state index contributed by atoms with van der Waals surface area (Å²) in [5.74, 6) is 0. The first-order valence-electron chi connectivity index (χ1n) is 3.55. The summed E-state index contributed by atoms with van der Waals surface area (Å²) in [5, 5.41) is 8.61. The van der Waals surface area contributed by atoms with Gasteiger partial charge in [0.1, 0.15) is 6.54 Å². The van der Waals surface area contributed by atoms with Gasteiger partial charge in [-0.15, -0.1) is 0 Å². The Labute approximate surface area is 79.8 Å². The van der Waals surface area contributed by atoms with Crippen LogP contribution in [0.3, 0.4) is 0 Å². The van der Waals surface area contributed by atoms with Crippen LogP contribution in [0.4, 0.5) is 0 Å². The minimum absolute atomic E-state index is 0. The molecule has 0 spiro atoms. The van der Waals surface area contributed by atoms with E-state index in [0.29, 0.717) is 6.61 Å². The second-order valence-electron chi connectivity index (χ2n) is 3.11. The standard InChI is InChI=1S/C7H18NO.3CH4/c1-4-5-8(2,3)6-7-9;;;/h9H,4-7H2,1-3H3;3*1H4/q+1;;;. The molecule has 0 aliphatic carbocycles. The van der Waals surface area contributed by atoms with E-state index < -0.39 is 0 Å².